The molecule has 160 valence electrons. The predicted molar refractivity (Wildman–Crippen MR) is 113 cm³/mol. The van der Waals surface area contributed by atoms with Crippen molar-refractivity contribution in [3.63, 3.8) is 0 Å². The average molecular weight is 495 g/mol. The number of carbonyl (C=O) groups is 2. The van der Waals surface area contributed by atoms with Crippen LogP contribution in [0.5, 0.6) is 0 Å². The van der Waals surface area contributed by atoms with Crippen LogP contribution in [0, 0.1) is 23.7 Å². The summed E-state index contributed by atoms with van der Waals surface area (Å²) in [5.74, 6) is 0.184. The van der Waals surface area contributed by atoms with Gasteiger partial charge in [-0.25, -0.2) is 8.42 Å². The first-order valence-electron chi connectivity index (χ1n) is 10.5. The summed E-state index contributed by atoms with van der Waals surface area (Å²) in [5.41, 5.74) is 0. The highest BCUT2D eigenvalue weighted by Crippen LogP contribution is 2.52. The quantitative estimate of drug-likeness (QED) is 0.466. The summed E-state index contributed by atoms with van der Waals surface area (Å²) >= 11 is 3.33. The minimum atomic E-state index is -3.49. The van der Waals surface area contributed by atoms with Crippen LogP contribution in [0.4, 0.5) is 0 Å². The second-order valence-electron chi connectivity index (χ2n) is 8.69. The fourth-order valence-corrected chi connectivity index (χ4v) is 7.21. The second-order valence-corrected chi connectivity index (χ2v) is 11.5. The molecule has 1 N–H and O–H groups in total. The summed E-state index contributed by atoms with van der Waals surface area (Å²) in [6.45, 7) is 3.33. The SMILES string of the molecule is O=C1[C@H]2[C@H](C(=O)N1CC[NH+]1CCN(S(=O)(=O)c3ccc(Br)cc3)CC1)[C@H]1C=C[C@@H]2C1. The van der Waals surface area contributed by atoms with Crippen LogP contribution in [0.25, 0.3) is 0 Å². The largest absolute Gasteiger partial charge is 0.331 e. The highest BCUT2D eigenvalue weighted by atomic mass is 79.9. The molecule has 0 unspecified atom stereocenters. The van der Waals surface area contributed by atoms with E-state index >= 15 is 0 Å². The maximum Gasteiger partial charge on any atom is 0.243 e. The number of nitrogens with one attached hydrogen (secondary N) is 1. The molecule has 2 amide bonds. The zero-order valence-corrected chi connectivity index (χ0v) is 18.9. The number of quaternary nitrogens is 1. The summed E-state index contributed by atoms with van der Waals surface area (Å²) in [6, 6.07) is 6.69. The highest BCUT2D eigenvalue weighted by molar-refractivity contribution is 9.10. The smallest absolute Gasteiger partial charge is 0.243 e. The van der Waals surface area contributed by atoms with Crippen molar-refractivity contribution < 1.29 is 22.9 Å². The van der Waals surface area contributed by atoms with Crippen LogP contribution in [-0.2, 0) is 19.6 Å². The van der Waals surface area contributed by atoms with E-state index < -0.39 is 10.0 Å². The van der Waals surface area contributed by atoms with Gasteiger partial charge in [0.2, 0.25) is 21.8 Å². The van der Waals surface area contributed by atoms with E-state index in [0.29, 0.717) is 44.2 Å². The Balaban J connectivity index is 1.16. The fraction of sp³-hybridized carbons (Fsp3) is 0.524. The van der Waals surface area contributed by atoms with Crippen molar-refractivity contribution in [2.45, 2.75) is 11.3 Å². The topological polar surface area (TPSA) is 79.2 Å². The van der Waals surface area contributed by atoms with E-state index in [9.17, 15) is 18.0 Å². The Hall–Kier alpha value is -1.55. The molecular weight excluding hydrogens is 470 g/mol. The van der Waals surface area contributed by atoms with Gasteiger partial charge in [0.05, 0.1) is 56.0 Å². The van der Waals surface area contributed by atoms with Crippen LogP contribution in [-0.4, -0.2) is 68.7 Å². The Labute approximate surface area is 184 Å². The van der Waals surface area contributed by atoms with Crippen molar-refractivity contribution >= 4 is 37.8 Å². The van der Waals surface area contributed by atoms with Crippen LogP contribution >= 0.6 is 15.9 Å². The number of carbonyl (C=O) groups excluding carboxylic acids is 2. The third-order valence-corrected chi connectivity index (χ3v) is 9.57. The standard InChI is InChI=1S/C21H24BrN3O4S/c22-16-3-5-17(6-4-16)30(28,29)24-10-7-23(8-11-24)9-12-25-20(26)18-14-1-2-15(13-14)19(18)21(25)27/h1-6,14-15,18-19H,7-13H2/p+1/t14-,15+,18-,19-/m1/s1. The van der Waals surface area contributed by atoms with Gasteiger partial charge in [-0.05, 0) is 42.5 Å². The number of sulfonamides is 1. The van der Waals surface area contributed by atoms with E-state index in [0.717, 1.165) is 10.9 Å². The van der Waals surface area contributed by atoms with Gasteiger partial charge in [0.15, 0.2) is 0 Å². The minimum Gasteiger partial charge on any atom is -0.331 e. The number of halogens is 1. The van der Waals surface area contributed by atoms with E-state index in [1.165, 1.54) is 14.1 Å². The maximum atomic E-state index is 12.8. The van der Waals surface area contributed by atoms with E-state index in [4.69, 9.17) is 0 Å². The summed E-state index contributed by atoms with van der Waals surface area (Å²) in [6.07, 6.45) is 5.16. The predicted octanol–water partition coefficient (Wildman–Crippen LogP) is 0.145. The fourth-order valence-electron chi connectivity index (χ4n) is 5.50. The van der Waals surface area contributed by atoms with E-state index in [1.807, 2.05) is 0 Å². The highest BCUT2D eigenvalue weighted by Gasteiger charge is 2.59. The molecule has 3 fully saturated rings. The molecule has 1 aromatic rings. The number of amides is 2. The molecule has 7 nitrogen and oxygen atoms in total. The minimum absolute atomic E-state index is 0.00213. The summed E-state index contributed by atoms with van der Waals surface area (Å²) < 4.78 is 28.0. The molecule has 1 saturated carbocycles. The van der Waals surface area contributed by atoms with Gasteiger partial charge in [-0.2, -0.15) is 4.31 Å². The third kappa shape index (κ3) is 3.26. The molecular formula is C21H25BrN3O4S+. The normalized spacial score (nSPS) is 31.7. The molecule has 0 aromatic heterocycles. The monoisotopic (exact) mass is 494 g/mol. The van der Waals surface area contributed by atoms with Gasteiger partial charge in [-0.3, -0.25) is 14.5 Å². The molecule has 4 aliphatic rings. The summed E-state index contributed by atoms with van der Waals surface area (Å²) in [5, 5.41) is 0. The van der Waals surface area contributed by atoms with Crippen LogP contribution in [0.2, 0.25) is 0 Å². The van der Waals surface area contributed by atoms with Gasteiger partial charge in [-0.15, -0.1) is 0 Å². The van der Waals surface area contributed by atoms with Gasteiger partial charge < -0.3 is 4.90 Å². The lowest BCUT2D eigenvalue weighted by molar-refractivity contribution is -0.902. The zero-order chi connectivity index (χ0) is 21.0. The number of likely N-dealkylation sites (tertiary alicyclic amines) is 1. The van der Waals surface area contributed by atoms with Crippen LogP contribution in [0.3, 0.4) is 0 Å². The van der Waals surface area contributed by atoms with Crippen LogP contribution < -0.4 is 4.90 Å². The average Bonchev–Trinajstić information content (AvgIpc) is 3.42. The summed E-state index contributed by atoms with van der Waals surface area (Å²) in [4.78, 5) is 28.6. The lowest BCUT2D eigenvalue weighted by Crippen LogP contribution is -3.15. The van der Waals surface area contributed by atoms with E-state index in [1.54, 1.807) is 24.3 Å². The first-order chi connectivity index (χ1) is 14.4. The number of hydrogen-bond donors (Lipinski definition) is 1. The Bertz CT molecular complexity index is 972. The van der Waals surface area contributed by atoms with Gasteiger partial charge in [0, 0.05) is 4.47 Å². The van der Waals surface area contributed by atoms with E-state index in [2.05, 4.69) is 28.1 Å². The van der Waals surface area contributed by atoms with Gasteiger partial charge in [0.1, 0.15) is 0 Å². The molecule has 0 spiro atoms. The lowest BCUT2D eigenvalue weighted by Gasteiger charge is -2.32. The molecule has 2 bridgehead atoms. The summed E-state index contributed by atoms with van der Waals surface area (Å²) in [7, 11) is -3.49. The Morgan fingerprint density at radius 2 is 1.53 bits per heavy atom. The number of piperazine rings is 1. The van der Waals surface area contributed by atoms with Crippen molar-refractivity contribution in [1.82, 2.24) is 9.21 Å². The van der Waals surface area contributed by atoms with Gasteiger partial charge >= 0.3 is 0 Å². The van der Waals surface area contributed by atoms with Crippen LogP contribution in [0.15, 0.2) is 45.8 Å². The molecule has 1 aromatic carbocycles. The number of rotatable bonds is 5. The second kappa shape index (κ2) is 7.55. The lowest BCUT2D eigenvalue weighted by atomic mass is 9.85. The van der Waals surface area contributed by atoms with E-state index in [-0.39, 0.29) is 35.5 Å². The number of hydrogen-bond acceptors (Lipinski definition) is 4. The number of fused-ring (bicyclic) bond motifs is 5. The molecule has 5 rings (SSSR count). The molecule has 30 heavy (non-hydrogen) atoms. The van der Waals surface area contributed by atoms with Crippen molar-refractivity contribution in [1.29, 1.82) is 0 Å². The molecule has 2 heterocycles. The van der Waals surface area contributed by atoms with Crippen molar-refractivity contribution in [2.24, 2.45) is 23.7 Å². The Morgan fingerprint density at radius 3 is 2.10 bits per heavy atom. The number of benzene rings is 1. The Morgan fingerprint density at radius 1 is 0.967 bits per heavy atom. The molecule has 9 heteroatoms. The van der Waals surface area contributed by atoms with Gasteiger partial charge in [0.25, 0.3) is 0 Å². The number of imide groups is 1. The number of nitrogens with zero attached hydrogens (tertiary/aromatic N) is 2. The van der Waals surface area contributed by atoms with Crippen LogP contribution in [0.1, 0.15) is 6.42 Å². The molecule has 0 radical (unpaired) electrons. The molecule has 2 aliphatic carbocycles. The molecule has 2 saturated heterocycles. The van der Waals surface area contributed by atoms with Crippen molar-refractivity contribution in [3.05, 3.63) is 40.9 Å². The molecule has 2 aliphatic heterocycles. The van der Waals surface area contributed by atoms with Crippen molar-refractivity contribution in [2.75, 3.05) is 39.3 Å². The maximum absolute atomic E-state index is 12.8. The molecule has 4 atom stereocenters. The van der Waals surface area contributed by atoms with Crippen molar-refractivity contribution in [3.8, 4) is 0 Å². The van der Waals surface area contributed by atoms with Gasteiger partial charge in [-0.1, -0.05) is 28.1 Å². The Kier molecular flexibility index (Phi) is 5.12. The zero-order valence-electron chi connectivity index (χ0n) is 16.5. The third-order valence-electron chi connectivity index (χ3n) is 7.13. The first kappa shape index (κ1) is 20.4. The number of allylic oxidation sites excluding steroid dienone is 2. The first-order valence-corrected chi connectivity index (χ1v) is 12.7.